The highest BCUT2D eigenvalue weighted by molar-refractivity contribution is 6.31. The smallest absolute Gasteiger partial charge is 0.251 e. The van der Waals surface area contributed by atoms with Crippen LogP contribution < -0.4 is 5.32 Å². The third-order valence-electron chi connectivity index (χ3n) is 2.90. The molecule has 0 aromatic heterocycles. The molecule has 4 heteroatoms. The first-order valence-electron chi connectivity index (χ1n) is 6.27. The lowest BCUT2D eigenvalue weighted by Gasteiger charge is -2.07. The van der Waals surface area contributed by atoms with Crippen molar-refractivity contribution in [1.82, 2.24) is 5.32 Å². The summed E-state index contributed by atoms with van der Waals surface area (Å²) in [6.45, 7) is 2.38. The zero-order valence-electron chi connectivity index (χ0n) is 11.1. The minimum Gasteiger partial charge on any atom is -0.348 e. The van der Waals surface area contributed by atoms with Crippen LogP contribution >= 0.6 is 23.2 Å². The molecule has 0 saturated carbocycles. The molecule has 1 N–H and O–H groups in total. The van der Waals surface area contributed by atoms with Gasteiger partial charge in [-0.15, -0.1) is 11.6 Å². The molecule has 0 heterocycles. The molecule has 0 aliphatic rings. The van der Waals surface area contributed by atoms with Gasteiger partial charge in [0.2, 0.25) is 0 Å². The number of rotatable bonds is 4. The number of hydrogen-bond acceptors (Lipinski definition) is 1. The van der Waals surface area contributed by atoms with E-state index in [9.17, 15) is 4.79 Å². The molecule has 0 spiro atoms. The van der Waals surface area contributed by atoms with Crippen molar-refractivity contribution in [2.45, 2.75) is 19.3 Å². The van der Waals surface area contributed by atoms with Gasteiger partial charge in [0.1, 0.15) is 0 Å². The zero-order chi connectivity index (χ0) is 14.5. The molecular weight excluding hydrogens is 293 g/mol. The Labute approximate surface area is 128 Å². The second-order valence-corrected chi connectivity index (χ2v) is 5.36. The van der Waals surface area contributed by atoms with Crippen molar-refractivity contribution in [3.05, 3.63) is 69.7 Å². The topological polar surface area (TPSA) is 29.1 Å². The third-order valence-corrected chi connectivity index (χ3v) is 3.43. The van der Waals surface area contributed by atoms with Gasteiger partial charge in [-0.1, -0.05) is 35.9 Å². The molecule has 0 radical (unpaired) electrons. The number of carbonyl (C=O) groups is 1. The number of nitrogens with one attached hydrogen (secondary N) is 1. The van der Waals surface area contributed by atoms with E-state index in [4.69, 9.17) is 23.2 Å². The molecule has 1 amide bonds. The molecule has 2 nitrogen and oxygen atoms in total. The average Bonchev–Trinajstić information content (AvgIpc) is 2.44. The predicted molar refractivity (Wildman–Crippen MR) is 83.4 cm³/mol. The lowest BCUT2D eigenvalue weighted by atomic mass is 10.1. The van der Waals surface area contributed by atoms with Crippen LogP contribution in [0.25, 0.3) is 0 Å². The third kappa shape index (κ3) is 3.99. The molecule has 0 bridgehead atoms. The van der Waals surface area contributed by atoms with Gasteiger partial charge in [0.25, 0.3) is 5.91 Å². The van der Waals surface area contributed by atoms with Crippen LogP contribution in [0, 0.1) is 6.92 Å². The van der Waals surface area contributed by atoms with Crippen molar-refractivity contribution < 1.29 is 4.79 Å². The van der Waals surface area contributed by atoms with Gasteiger partial charge in [-0.3, -0.25) is 4.79 Å². The van der Waals surface area contributed by atoms with Crippen molar-refractivity contribution >= 4 is 29.1 Å². The molecule has 2 aromatic rings. The fourth-order valence-electron chi connectivity index (χ4n) is 1.97. The van der Waals surface area contributed by atoms with Crippen molar-refractivity contribution in [1.29, 1.82) is 0 Å². The number of benzene rings is 2. The lowest BCUT2D eigenvalue weighted by molar-refractivity contribution is 0.0951. The fourth-order valence-corrected chi connectivity index (χ4v) is 2.43. The summed E-state index contributed by atoms with van der Waals surface area (Å²) in [5.41, 5.74) is 3.60. The van der Waals surface area contributed by atoms with Crippen LogP contribution in [-0.2, 0) is 12.4 Å². The Morgan fingerprint density at radius 2 is 1.90 bits per heavy atom. The van der Waals surface area contributed by atoms with Crippen LogP contribution in [0.3, 0.4) is 0 Å². The van der Waals surface area contributed by atoms with Gasteiger partial charge in [0, 0.05) is 23.0 Å². The van der Waals surface area contributed by atoms with Crippen LogP contribution in [0.5, 0.6) is 0 Å². The first-order valence-corrected chi connectivity index (χ1v) is 7.19. The second kappa shape index (κ2) is 6.78. The van der Waals surface area contributed by atoms with E-state index in [1.54, 1.807) is 6.07 Å². The standard InChI is InChI=1S/C16H15Cl2NO/c1-11-5-14(8-15(18)6-11)16(20)19-10-13-4-2-3-12(7-13)9-17/h2-8H,9-10H2,1H3,(H,19,20). The molecule has 0 saturated heterocycles. The second-order valence-electron chi connectivity index (χ2n) is 4.65. The summed E-state index contributed by atoms with van der Waals surface area (Å²) in [7, 11) is 0. The minimum atomic E-state index is -0.133. The van der Waals surface area contributed by atoms with Gasteiger partial charge in [0.05, 0.1) is 0 Å². The van der Waals surface area contributed by atoms with Crippen molar-refractivity contribution in [2.24, 2.45) is 0 Å². The number of carbonyl (C=O) groups excluding carboxylic acids is 1. The summed E-state index contributed by atoms with van der Waals surface area (Å²) in [5, 5.41) is 3.45. The largest absolute Gasteiger partial charge is 0.348 e. The molecule has 0 aliphatic carbocycles. The SMILES string of the molecule is Cc1cc(Cl)cc(C(=O)NCc2cccc(CCl)c2)c1. The summed E-state index contributed by atoms with van der Waals surface area (Å²) in [4.78, 5) is 12.1. The Balaban J connectivity index is 2.04. The van der Waals surface area contributed by atoms with Gasteiger partial charge < -0.3 is 5.32 Å². The maximum atomic E-state index is 12.1. The van der Waals surface area contributed by atoms with Crippen LogP contribution in [0.1, 0.15) is 27.0 Å². The fraction of sp³-hybridized carbons (Fsp3) is 0.188. The molecule has 0 atom stereocenters. The van der Waals surface area contributed by atoms with E-state index in [-0.39, 0.29) is 5.91 Å². The summed E-state index contributed by atoms with van der Waals surface area (Å²) >= 11 is 11.7. The molecule has 2 aromatic carbocycles. The van der Waals surface area contributed by atoms with E-state index in [0.717, 1.165) is 16.7 Å². The Kier molecular flexibility index (Phi) is 5.05. The van der Waals surface area contributed by atoms with Crippen molar-refractivity contribution in [3.63, 3.8) is 0 Å². The summed E-state index contributed by atoms with van der Waals surface area (Å²) in [5.74, 6) is 0.335. The molecule has 0 fully saturated rings. The van der Waals surface area contributed by atoms with Crippen molar-refractivity contribution in [3.8, 4) is 0 Å². The summed E-state index contributed by atoms with van der Waals surface area (Å²) in [6, 6.07) is 13.1. The van der Waals surface area contributed by atoms with Crippen LogP contribution in [0.4, 0.5) is 0 Å². The van der Waals surface area contributed by atoms with E-state index in [1.165, 1.54) is 0 Å². The summed E-state index contributed by atoms with van der Waals surface area (Å²) in [6.07, 6.45) is 0. The highest BCUT2D eigenvalue weighted by Crippen LogP contribution is 2.15. The van der Waals surface area contributed by atoms with Gasteiger partial charge in [-0.25, -0.2) is 0 Å². The Hall–Kier alpha value is -1.51. The number of halogens is 2. The van der Waals surface area contributed by atoms with Crippen LogP contribution in [-0.4, -0.2) is 5.91 Å². The minimum absolute atomic E-state index is 0.133. The van der Waals surface area contributed by atoms with Gasteiger partial charge >= 0.3 is 0 Å². The van der Waals surface area contributed by atoms with E-state index in [1.807, 2.05) is 43.3 Å². The highest BCUT2D eigenvalue weighted by atomic mass is 35.5. The van der Waals surface area contributed by atoms with E-state index >= 15 is 0 Å². The average molecular weight is 308 g/mol. The first-order chi connectivity index (χ1) is 9.58. The Morgan fingerprint density at radius 1 is 1.15 bits per heavy atom. The normalized spacial score (nSPS) is 10.3. The monoisotopic (exact) mass is 307 g/mol. The Morgan fingerprint density at radius 3 is 2.60 bits per heavy atom. The predicted octanol–water partition coefficient (Wildman–Crippen LogP) is 4.32. The molecule has 104 valence electrons. The van der Waals surface area contributed by atoms with Gasteiger partial charge in [-0.05, 0) is 41.8 Å². The Bertz CT molecular complexity index is 605. The molecule has 20 heavy (non-hydrogen) atoms. The van der Waals surface area contributed by atoms with Crippen LogP contribution in [0.15, 0.2) is 42.5 Å². The van der Waals surface area contributed by atoms with E-state index < -0.39 is 0 Å². The summed E-state index contributed by atoms with van der Waals surface area (Å²) < 4.78 is 0. The van der Waals surface area contributed by atoms with Gasteiger partial charge in [-0.2, -0.15) is 0 Å². The number of alkyl halides is 1. The number of aryl methyl sites for hydroxylation is 1. The van der Waals surface area contributed by atoms with Crippen molar-refractivity contribution in [2.75, 3.05) is 0 Å². The van der Waals surface area contributed by atoms with E-state index in [2.05, 4.69) is 5.32 Å². The quantitative estimate of drug-likeness (QED) is 0.838. The highest BCUT2D eigenvalue weighted by Gasteiger charge is 2.07. The first kappa shape index (κ1) is 14.9. The molecule has 0 unspecified atom stereocenters. The number of amides is 1. The zero-order valence-corrected chi connectivity index (χ0v) is 12.6. The molecular formula is C16H15Cl2NO. The maximum Gasteiger partial charge on any atom is 0.251 e. The van der Waals surface area contributed by atoms with Gasteiger partial charge in [0.15, 0.2) is 0 Å². The van der Waals surface area contributed by atoms with E-state index in [0.29, 0.717) is 23.0 Å². The molecule has 2 rings (SSSR count). The molecule has 0 aliphatic heterocycles. The maximum absolute atomic E-state index is 12.1. The number of hydrogen-bond donors (Lipinski definition) is 1. The van der Waals surface area contributed by atoms with Crippen LogP contribution in [0.2, 0.25) is 5.02 Å². The lowest BCUT2D eigenvalue weighted by Crippen LogP contribution is -2.22.